The lowest BCUT2D eigenvalue weighted by atomic mass is 10.0. The maximum atomic E-state index is 5.54. The Balaban J connectivity index is 2.03. The summed E-state index contributed by atoms with van der Waals surface area (Å²) < 4.78 is 1.86. The largest absolute Gasteiger partial charge is 0.324 e. The molecule has 0 aliphatic heterocycles. The van der Waals surface area contributed by atoms with E-state index in [0.29, 0.717) is 12.0 Å². The SMILES string of the molecule is CCCC1(Cn2nnnc2CN)CC1. The first-order chi connectivity index (χ1) is 6.79. The van der Waals surface area contributed by atoms with Gasteiger partial charge in [-0.25, -0.2) is 4.68 Å². The standard InChI is InChI=1S/C9H17N5/c1-2-3-9(4-5-9)7-14-8(6-10)11-12-13-14/h2-7,10H2,1H3. The van der Waals surface area contributed by atoms with Gasteiger partial charge in [0.15, 0.2) is 5.82 Å². The van der Waals surface area contributed by atoms with Crippen molar-refractivity contribution in [1.29, 1.82) is 0 Å². The van der Waals surface area contributed by atoms with Crippen LogP contribution in [0.2, 0.25) is 0 Å². The number of aromatic nitrogens is 4. The van der Waals surface area contributed by atoms with E-state index in [1.165, 1.54) is 25.7 Å². The van der Waals surface area contributed by atoms with Crippen LogP contribution in [0.5, 0.6) is 0 Å². The monoisotopic (exact) mass is 195 g/mol. The Labute approximate surface area is 83.7 Å². The molecule has 5 nitrogen and oxygen atoms in total. The zero-order valence-corrected chi connectivity index (χ0v) is 8.61. The molecule has 1 heterocycles. The molecule has 0 aromatic carbocycles. The summed E-state index contributed by atoms with van der Waals surface area (Å²) in [5, 5.41) is 11.5. The molecule has 1 aromatic rings. The second-order valence-electron chi connectivity index (χ2n) is 4.21. The molecule has 78 valence electrons. The van der Waals surface area contributed by atoms with Gasteiger partial charge in [-0.15, -0.1) is 5.10 Å². The smallest absolute Gasteiger partial charge is 0.164 e. The number of hydrogen-bond acceptors (Lipinski definition) is 4. The Morgan fingerprint density at radius 2 is 2.29 bits per heavy atom. The van der Waals surface area contributed by atoms with Gasteiger partial charge < -0.3 is 5.73 Å². The van der Waals surface area contributed by atoms with E-state index in [2.05, 4.69) is 22.4 Å². The summed E-state index contributed by atoms with van der Waals surface area (Å²) in [6.45, 7) is 3.60. The highest BCUT2D eigenvalue weighted by molar-refractivity contribution is 4.94. The fourth-order valence-electron chi connectivity index (χ4n) is 2.00. The molecule has 0 amide bonds. The molecule has 0 radical (unpaired) electrons. The number of nitrogens with two attached hydrogens (primary N) is 1. The van der Waals surface area contributed by atoms with E-state index in [9.17, 15) is 0 Å². The van der Waals surface area contributed by atoms with Gasteiger partial charge in [0.1, 0.15) is 0 Å². The van der Waals surface area contributed by atoms with Gasteiger partial charge in [-0.3, -0.25) is 0 Å². The number of rotatable bonds is 5. The van der Waals surface area contributed by atoms with E-state index in [0.717, 1.165) is 12.4 Å². The third kappa shape index (κ3) is 1.77. The molecule has 1 fully saturated rings. The maximum absolute atomic E-state index is 5.54. The summed E-state index contributed by atoms with van der Waals surface area (Å²) in [5.74, 6) is 0.798. The molecule has 0 saturated heterocycles. The van der Waals surface area contributed by atoms with Gasteiger partial charge >= 0.3 is 0 Å². The minimum atomic E-state index is 0.426. The molecule has 1 aromatic heterocycles. The highest BCUT2D eigenvalue weighted by Crippen LogP contribution is 2.50. The second kappa shape index (κ2) is 3.65. The minimum Gasteiger partial charge on any atom is -0.324 e. The van der Waals surface area contributed by atoms with Gasteiger partial charge in [-0.05, 0) is 35.1 Å². The summed E-state index contributed by atoms with van der Waals surface area (Å²) in [6, 6.07) is 0. The van der Waals surface area contributed by atoms with Crippen LogP contribution in [0.15, 0.2) is 0 Å². The topological polar surface area (TPSA) is 69.6 Å². The molecule has 14 heavy (non-hydrogen) atoms. The second-order valence-corrected chi connectivity index (χ2v) is 4.21. The predicted molar refractivity (Wildman–Crippen MR) is 52.3 cm³/mol. The number of hydrogen-bond donors (Lipinski definition) is 1. The number of tetrazole rings is 1. The number of nitrogens with zero attached hydrogens (tertiary/aromatic N) is 4. The van der Waals surface area contributed by atoms with E-state index in [1.807, 2.05) is 4.68 Å². The Hall–Kier alpha value is -0.970. The lowest BCUT2D eigenvalue weighted by molar-refractivity contribution is 0.356. The van der Waals surface area contributed by atoms with Crippen LogP contribution in [0, 0.1) is 5.41 Å². The van der Waals surface area contributed by atoms with Crippen molar-refractivity contribution in [3.63, 3.8) is 0 Å². The highest BCUT2D eigenvalue weighted by Gasteiger charge is 2.42. The first kappa shape index (κ1) is 9.58. The van der Waals surface area contributed by atoms with E-state index < -0.39 is 0 Å². The van der Waals surface area contributed by atoms with Crippen molar-refractivity contribution < 1.29 is 0 Å². The van der Waals surface area contributed by atoms with Crippen LogP contribution in [0.3, 0.4) is 0 Å². The van der Waals surface area contributed by atoms with Gasteiger partial charge in [-0.1, -0.05) is 13.3 Å². The third-order valence-corrected chi connectivity index (χ3v) is 3.01. The van der Waals surface area contributed by atoms with Crippen LogP contribution in [0.4, 0.5) is 0 Å². The molecule has 1 saturated carbocycles. The lowest BCUT2D eigenvalue weighted by Crippen LogP contribution is -2.17. The molecular weight excluding hydrogens is 178 g/mol. The van der Waals surface area contributed by atoms with Crippen LogP contribution in [0.25, 0.3) is 0 Å². The van der Waals surface area contributed by atoms with Crippen molar-refractivity contribution in [3.8, 4) is 0 Å². The summed E-state index contributed by atoms with van der Waals surface area (Å²) in [5.41, 5.74) is 6.03. The van der Waals surface area contributed by atoms with Crippen LogP contribution >= 0.6 is 0 Å². The predicted octanol–water partition coefficient (Wildman–Crippen LogP) is 0.712. The van der Waals surface area contributed by atoms with Gasteiger partial charge in [0.25, 0.3) is 0 Å². The van der Waals surface area contributed by atoms with Crippen molar-refractivity contribution in [1.82, 2.24) is 20.2 Å². The Bertz CT molecular complexity index is 302. The van der Waals surface area contributed by atoms with E-state index in [4.69, 9.17) is 5.73 Å². The Kier molecular flexibility index (Phi) is 2.50. The van der Waals surface area contributed by atoms with Gasteiger partial charge in [0, 0.05) is 0 Å². The molecule has 0 spiro atoms. The van der Waals surface area contributed by atoms with E-state index in [-0.39, 0.29) is 0 Å². The minimum absolute atomic E-state index is 0.426. The normalized spacial score (nSPS) is 18.4. The van der Waals surface area contributed by atoms with Gasteiger partial charge in [0.05, 0.1) is 13.1 Å². The Morgan fingerprint density at radius 3 is 2.86 bits per heavy atom. The molecule has 0 atom stereocenters. The molecular formula is C9H17N5. The quantitative estimate of drug-likeness (QED) is 0.751. The van der Waals surface area contributed by atoms with Crippen LogP contribution < -0.4 is 5.73 Å². The maximum Gasteiger partial charge on any atom is 0.164 e. The molecule has 2 N–H and O–H groups in total. The summed E-state index contributed by atoms with van der Waals surface area (Å²) >= 11 is 0. The van der Waals surface area contributed by atoms with Crippen molar-refractivity contribution in [2.24, 2.45) is 11.1 Å². The average molecular weight is 195 g/mol. The first-order valence-corrected chi connectivity index (χ1v) is 5.25. The average Bonchev–Trinajstić information content (AvgIpc) is 2.79. The first-order valence-electron chi connectivity index (χ1n) is 5.25. The fourth-order valence-corrected chi connectivity index (χ4v) is 2.00. The zero-order chi connectivity index (χ0) is 10.0. The molecule has 1 aliphatic carbocycles. The summed E-state index contributed by atoms with van der Waals surface area (Å²) in [4.78, 5) is 0. The molecule has 1 aliphatic rings. The van der Waals surface area contributed by atoms with E-state index in [1.54, 1.807) is 0 Å². The van der Waals surface area contributed by atoms with Crippen molar-refractivity contribution >= 4 is 0 Å². The zero-order valence-electron chi connectivity index (χ0n) is 8.61. The molecule has 0 unspecified atom stereocenters. The molecule has 0 bridgehead atoms. The van der Waals surface area contributed by atoms with Crippen LogP contribution in [-0.4, -0.2) is 20.2 Å². The fraction of sp³-hybridized carbons (Fsp3) is 0.889. The summed E-state index contributed by atoms with van der Waals surface area (Å²) in [6.07, 6.45) is 5.13. The van der Waals surface area contributed by atoms with Crippen molar-refractivity contribution in [2.75, 3.05) is 0 Å². The molecule has 2 rings (SSSR count). The van der Waals surface area contributed by atoms with Crippen LogP contribution in [-0.2, 0) is 13.1 Å². The van der Waals surface area contributed by atoms with E-state index >= 15 is 0 Å². The highest BCUT2D eigenvalue weighted by atomic mass is 15.5. The third-order valence-electron chi connectivity index (χ3n) is 3.01. The lowest BCUT2D eigenvalue weighted by Gasteiger charge is -2.13. The van der Waals surface area contributed by atoms with Crippen LogP contribution in [0.1, 0.15) is 38.4 Å². The van der Waals surface area contributed by atoms with Gasteiger partial charge in [0.2, 0.25) is 0 Å². The molecule has 5 heteroatoms. The van der Waals surface area contributed by atoms with Crippen molar-refractivity contribution in [3.05, 3.63) is 5.82 Å². The Morgan fingerprint density at radius 1 is 1.50 bits per heavy atom. The summed E-state index contributed by atoms with van der Waals surface area (Å²) in [7, 11) is 0. The van der Waals surface area contributed by atoms with Crippen molar-refractivity contribution in [2.45, 2.75) is 45.7 Å². The van der Waals surface area contributed by atoms with Gasteiger partial charge in [-0.2, -0.15) is 0 Å².